The molecule has 8 rings (SSSR count). The van der Waals surface area contributed by atoms with E-state index in [2.05, 4.69) is 68.2 Å². The van der Waals surface area contributed by atoms with E-state index in [0.717, 1.165) is 73.0 Å². The van der Waals surface area contributed by atoms with Gasteiger partial charge in [-0.2, -0.15) is 0 Å². The van der Waals surface area contributed by atoms with E-state index in [9.17, 15) is 14.7 Å². The molecule has 3 aromatic carbocycles. The van der Waals surface area contributed by atoms with Crippen LogP contribution in [0.25, 0.3) is 22.3 Å². The number of rotatable bonds is 18. The quantitative estimate of drug-likeness (QED) is 0.0629. The second-order valence-electron chi connectivity index (χ2n) is 16.1. The minimum atomic E-state index is -0.942. The van der Waals surface area contributed by atoms with Gasteiger partial charge in [0.2, 0.25) is 5.91 Å². The number of benzene rings is 3. The van der Waals surface area contributed by atoms with E-state index in [-0.39, 0.29) is 49.5 Å². The first-order chi connectivity index (χ1) is 28.9. The first-order valence-corrected chi connectivity index (χ1v) is 21.0. The van der Waals surface area contributed by atoms with Gasteiger partial charge in [0, 0.05) is 42.9 Å². The molecule has 2 saturated carbocycles. The highest BCUT2D eigenvalue weighted by atomic mass is 16.5. The van der Waals surface area contributed by atoms with E-state index in [4.69, 9.17) is 19.5 Å². The van der Waals surface area contributed by atoms with Crippen LogP contribution in [0.5, 0.6) is 5.75 Å². The number of carbonyl (C=O) groups excluding carboxylic acids is 2. The van der Waals surface area contributed by atoms with Crippen LogP contribution < -0.4 is 15.4 Å². The van der Waals surface area contributed by atoms with Gasteiger partial charge in [-0.3, -0.25) is 4.79 Å². The number of hydrogen-bond acceptors (Lipinski definition) is 9. The van der Waals surface area contributed by atoms with Crippen LogP contribution in [-0.4, -0.2) is 93.4 Å². The molecule has 2 heterocycles. The van der Waals surface area contributed by atoms with E-state index in [0.29, 0.717) is 29.2 Å². The Morgan fingerprint density at radius 3 is 2.34 bits per heavy atom. The highest BCUT2D eigenvalue weighted by Gasteiger charge is 2.68. The maximum atomic E-state index is 14.3. The molecule has 5 aromatic rings. The SMILES string of the molecule is CCCCN(/C=N\c1ncnc2c1ncn2[C@H]1C[C@H](NC(=O)[C@H](Cc2ccc(OC)cc2)NC(=O)OCC2c3ccccc3-c3ccccc32)[C@]2(CO)C[C@H]12)CCCC. The molecule has 3 aliphatic carbocycles. The first-order valence-electron chi connectivity index (χ1n) is 21.0. The van der Waals surface area contributed by atoms with Crippen LogP contribution in [0.15, 0.2) is 90.4 Å². The minimum absolute atomic E-state index is 0.0649. The molecular formula is C46H54N8O5. The number of aliphatic imine (C=N–C) groups is 1. The average molecular weight is 799 g/mol. The summed E-state index contributed by atoms with van der Waals surface area (Å²) in [5.41, 5.74) is 6.12. The Balaban J connectivity index is 0.982. The van der Waals surface area contributed by atoms with Crippen LogP contribution >= 0.6 is 0 Å². The zero-order valence-corrected chi connectivity index (χ0v) is 34.1. The number of hydrogen-bond donors (Lipinski definition) is 3. The lowest BCUT2D eigenvalue weighted by Gasteiger charge is -2.27. The Kier molecular flexibility index (Phi) is 11.9. The van der Waals surface area contributed by atoms with Crippen LogP contribution in [0.2, 0.25) is 0 Å². The minimum Gasteiger partial charge on any atom is -0.497 e. The van der Waals surface area contributed by atoms with E-state index in [1.165, 1.54) is 6.33 Å². The average Bonchev–Trinajstić information content (AvgIpc) is 3.53. The lowest BCUT2D eigenvalue weighted by molar-refractivity contribution is -0.124. The van der Waals surface area contributed by atoms with E-state index in [1.54, 1.807) is 13.4 Å². The molecule has 3 aliphatic rings. The number of aromatic nitrogens is 4. The summed E-state index contributed by atoms with van der Waals surface area (Å²) in [6.07, 6.45) is 10.4. The van der Waals surface area contributed by atoms with Crippen molar-refractivity contribution in [3.05, 3.63) is 102 Å². The Morgan fingerprint density at radius 1 is 0.983 bits per heavy atom. The van der Waals surface area contributed by atoms with Crippen LogP contribution in [0, 0.1) is 11.3 Å². The largest absolute Gasteiger partial charge is 0.497 e. The van der Waals surface area contributed by atoms with E-state index >= 15 is 0 Å². The molecule has 0 unspecified atom stereocenters. The number of carbonyl (C=O) groups is 2. The number of aliphatic hydroxyl groups excluding tert-OH is 1. The Bertz CT molecular complexity index is 2240. The number of amides is 2. The van der Waals surface area contributed by atoms with Crippen molar-refractivity contribution in [1.29, 1.82) is 0 Å². The number of ether oxygens (including phenoxy) is 2. The van der Waals surface area contributed by atoms with Gasteiger partial charge in [0.1, 0.15) is 24.7 Å². The predicted octanol–water partition coefficient (Wildman–Crippen LogP) is 6.98. The van der Waals surface area contributed by atoms with Crippen molar-refractivity contribution < 1.29 is 24.2 Å². The van der Waals surface area contributed by atoms with Crippen LogP contribution in [0.4, 0.5) is 10.6 Å². The van der Waals surface area contributed by atoms with Crippen LogP contribution in [-0.2, 0) is 16.0 Å². The fourth-order valence-electron chi connectivity index (χ4n) is 9.24. The fourth-order valence-corrected chi connectivity index (χ4v) is 9.24. The third-order valence-electron chi connectivity index (χ3n) is 12.6. The summed E-state index contributed by atoms with van der Waals surface area (Å²) in [7, 11) is 1.60. The summed E-state index contributed by atoms with van der Waals surface area (Å²) in [6, 6.07) is 22.4. The maximum Gasteiger partial charge on any atom is 0.407 e. The lowest BCUT2D eigenvalue weighted by atomic mass is 9.97. The number of methoxy groups -OCH3 is 1. The molecule has 13 heteroatoms. The summed E-state index contributed by atoms with van der Waals surface area (Å²) in [5, 5.41) is 17.0. The highest BCUT2D eigenvalue weighted by Crippen LogP contribution is 2.67. The third-order valence-corrected chi connectivity index (χ3v) is 12.6. The van der Waals surface area contributed by atoms with Crippen LogP contribution in [0.3, 0.4) is 0 Å². The van der Waals surface area contributed by atoms with Gasteiger partial charge in [-0.15, -0.1) is 0 Å². The molecule has 0 radical (unpaired) electrons. The van der Waals surface area contributed by atoms with Gasteiger partial charge in [0.15, 0.2) is 17.0 Å². The molecule has 0 saturated heterocycles. The van der Waals surface area contributed by atoms with Gasteiger partial charge in [0.05, 0.1) is 26.4 Å². The van der Waals surface area contributed by atoms with Crippen molar-refractivity contribution in [2.24, 2.45) is 16.3 Å². The molecule has 0 spiro atoms. The van der Waals surface area contributed by atoms with Crippen molar-refractivity contribution in [2.45, 2.75) is 82.8 Å². The molecule has 3 N–H and O–H groups in total. The van der Waals surface area contributed by atoms with Gasteiger partial charge in [-0.1, -0.05) is 87.4 Å². The molecule has 13 nitrogen and oxygen atoms in total. The normalized spacial score (nSPS) is 20.8. The summed E-state index contributed by atoms with van der Waals surface area (Å²) in [5.74, 6) is 0.847. The zero-order chi connectivity index (χ0) is 40.9. The van der Waals surface area contributed by atoms with Gasteiger partial charge in [-0.25, -0.2) is 24.7 Å². The van der Waals surface area contributed by atoms with Gasteiger partial charge >= 0.3 is 6.09 Å². The van der Waals surface area contributed by atoms with Gasteiger partial charge in [-0.05, 0) is 71.6 Å². The van der Waals surface area contributed by atoms with Crippen LogP contribution in [0.1, 0.15) is 81.0 Å². The topological polar surface area (TPSA) is 156 Å². The van der Waals surface area contributed by atoms with Crippen molar-refractivity contribution in [2.75, 3.05) is 33.4 Å². The molecular weight excluding hydrogens is 745 g/mol. The fraction of sp³-hybridized carbons (Fsp3) is 0.435. The van der Waals surface area contributed by atoms with E-state index in [1.807, 2.05) is 54.9 Å². The van der Waals surface area contributed by atoms with Gasteiger partial charge < -0.3 is 34.7 Å². The Morgan fingerprint density at radius 2 is 1.68 bits per heavy atom. The summed E-state index contributed by atoms with van der Waals surface area (Å²) >= 11 is 0. The maximum absolute atomic E-state index is 14.3. The number of imidazole rings is 1. The number of fused-ring (bicyclic) bond motifs is 5. The van der Waals surface area contributed by atoms with Gasteiger partial charge in [0.25, 0.3) is 0 Å². The predicted molar refractivity (Wildman–Crippen MR) is 227 cm³/mol. The molecule has 0 bridgehead atoms. The highest BCUT2D eigenvalue weighted by molar-refractivity contribution is 5.87. The van der Waals surface area contributed by atoms with E-state index < -0.39 is 17.6 Å². The Hall–Kier alpha value is -5.82. The number of alkyl carbamates (subject to hydrolysis) is 1. The second-order valence-corrected chi connectivity index (χ2v) is 16.1. The lowest BCUT2D eigenvalue weighted by Crippen LogP contribution is -2.52. The summed E-state index contributed by atoms with van der Waals surface area (Å²) in [4.78, 5) is 48.8. The third kappa shape index (κ3) is 8.12. The number of nitrogens with zero attached hydrogens (tertiary/aromatic N) is 6. The zero-order valence-electron chi connectivity index (χ0n) is 34.1. The summed E-state index contributed by atoms with van der Waals surface area (Å²) in [6.45, 7) is 6.29. The smallest absolute Gasteiger partial charge is 0.407 e. The standard InChI is InChI=1S/C46H54N8O5/c1-4-6-20-53(21-7-5-2)28-50-42-41-43(48-27-47-42)54(29-49-41)39-23-40(46(26-55)24-37(39)46)52-44(56)38(22-30-16-18-31(58-3)19-17-30)51-45(57)59-25-36-34-14-10-8-12-32(34)33-13-9-11-15-35(33)36/h8-19,27-29,36-40,55H,4-7,20-26H2,1-3H3,(H,51,57)(H,52,56)/b50-28-/t37-,38+,39+,40+,46+/m1/s1. The first kappa shape index (κ1) is 40.0. The number of unbranched alkanes of at least 4 members (excludes halogenated alkanes) is 2. The molecule has 59 heavy (non-hydrogen) atoms. The molecule has 5 atom stereocenters. The second kappa shape index (κ2) is 17.6. The van der Waals surface area contributed by atoms with Crippen molar-refractivity contribution in [3.8, 4) is 16.9 Å². The molecule has 2 fully saturated rings. The molecule has 0 aliphatic heterocycles. The van der Waals surface area contributed by atoms with Crippen molar-refractivity contribution >= 4 is 35.3 Å². The number of aliphatic hydroxyl groups is 1. The van der Waals surface area contributed by atoms with Crippen molar-refractivity contribution in [1.82, 2.24) is 35.1 Å². The van der Waals surface area contributed by atoms with Crippen molar-refractivity contribution in [3.63, 3.8) is 0 Å². The monoisotopic (exact) mass is 798 g/mol. The molecule has 308 valence electrons. The summed E-state index contributed by atoms with van der Waals surface area (Å²) < 4.78 is 13.3. The number of nitrogens with one attached hydrogen (secondary N) is 2. The Labute approximate surface area is 345 Å². The molecule has 2 amide bonds. The molecule has 2 aromatic heterocycles.